The predicted octanol–water partition coefficient (Wildman–Crippen LogP) is 11.5. The molecule has 9 nitrogen and oxygen atoms in total. The fraction of sp³-hybridized carbons (Fsp3) is 0.767. The second-order valence-electron chi connectivity index (χ2n) is 15.0. The topological polar surface area (TPSA) is 108 Å². The summed E-state index contributed by atoms with van der Waals surface area (Å²) in [5.41, 5.74) is 0. The third kappa shape index (κ3) is 39.5. The van der Waals surface area contributed by atoms with Crippen molar-refractivity contribution in [3.05, 3.63) is 48.6 Å². The average Bonchev–Trinajstić information content (AvgIpc) is 3.10. The van der Waals surface area contributed by atoms with Gasteiger partial charge in [-0.2, -0.15) is 0 Å². The van der Waals surface area contributed by atoms with E-state index in [2.05, 4.69) is 62.5 Å². The molecule has 0 heterocycles. The van der Waals surface area contributed by atoms with Crippen molar-refractivity contribution in [2.75, 3.05) is 47.5 Å². The Morgan fingerprint density at radius 3 is 1.62 bits per heavy atom. The molecule has 0 aliphatic carbocycles. The molecule has 0 bridgehead atoms. The molecule has 0 aromatic carbocycles. The number of ether oxygens (including phenoxy) is 2. The number of esters is 2. The van der Waals surface area contributed by atoms with Gasteiger partial charge in [-0.05, 0) is 70.6 Å². The molecule has 0 rings (SSSR count). The number of phosphoric ester groups is 1. The van der Waals surface area contributed by atoms with E-state index in [-0.39, 0.29) is 32.0 Å². The van der Waals surface area contributed by atoms with Crippen molar-refractivity contribution in [2.24, 2.45) is 0 Å². The molecule has 0 saturated carbocycles. The van der Waals surface area contributed by atoms with E-state index in [0.29, 0.717) is 17.4 Å². The highest BCUT2D eigenvalue weighted by molar-refractivity contribution is 7.47. The van der Waals surface area contributed by atoms with Crippen molar-refractivity contribution in [3.8, 4) is 0 Å². The van der Waals surface area contributed by atoms with Crippen molar-refractivity contribution in [2.45, 2.75) is 168 Å². The predicted molar refractivity (Wildman–Crippen MR) is 220 cm³/mol. The molecule has 0 radical (unpaired) electrons. The van der Waals surface area contributed by atoms with Gasteiger partial charge in [-0.3, -0.25) is 18.6 Å². The maximum absolute atomic E-state index is 12.7. The van der Waals surface area contributed by atoms with E-state index >= 15 is 0 Å². The molecule has 0 amide bonds. The van der Waals surface area contributed by atoms with Crippen molar-refractivity contribution in [1.82, 2.24) is 0 Å². The van der Waals surface area contributed by atoms with Crippen LogP contribution in [0.3, 0.4) is 0 Å². The Morgan fingerprint density at radius 1 is 0.604 bits per heavy atom. The van der Waals surface area contributed by atoms with Crippen LogP contribution in [-0.4, -0.2) is 74.9 Å². The standard InChI is InChI=1S/C43H78NO8P/c1-6-8-10-12-14-16-18-20-22-24-26-28-30-32-34-36-43(46)52-41(40-51-53(47,48)50-38-37-44(3,4)5)39-49-42(45)35-33-31-29-27-25-23-21-19-17-15-13-11-9-7-2/h8,10,14,16,19-22,41H,6-7,9,11-13,15,17-18,23-40H2,1-5H3/p+1/b10-8-,16-14-,21-19-,22-20-. The number of hydrogen-bond donors (Lipinski definition) is 1. The first-order chi connectivity index (χ1) is 25.5. The third-order valence-corrected chi connectivity index (χ3v) is 9.58. The molecule has 0 spiro atoms. The molecule has 0 aromatic rings. The number of unbranched alkanes of at least 4 members (excludes halogenated alkanes) is 15. The van der Waals surface area contributed by atoms with Crippen LogP contribution in [0.1, 0.15) is 162 Å². The van der Waals surface area contributed by atoms with Gasteiger partial charge in [-0.1, -0.05) is 127 Å². The van der Waals surface area contributed by atoms with E-state index in [0.717, 1.165) is 89.9 Å². The van der Waals surface area contributed by atoms with Crippen LogP contribution in [0.4, 0.5) is 0 Å². The maximum atomic E-state index is 12.7. The second kappa shape index (κ2) is 35.7. The number of phosphoric acid groups is 1. The molecular weight excluding hydrogens is 689 g/mol. The highest BCUT2D eigenvalue weighted by Crippen LogP contribution is 2.43. The Morgan fingerprint density at radius 2 is 1.08 bits per heavy atom. The summed E-state index contributed by atoms with van der Waals surface area (Å²) >= 11 is 0. The molecular formula is C43H79NO8P+. The fourth-order valence-corrected chi connectivity index (χ4v) is 6.06. The zero-order valence-electron chi connectivity index (χ0n) is 34.5. The van der Waals surface area contributed by atoms with Gasteiger partial charge in [-0.25, -0.2) is 4.57 Å². The SMILES string of the molecule is CC/C=C\C/C=C\C/C=C\CCCCCCCC(=O)OC(COC(=O)CCCCCCC/C=C\CCCCCCC)COP(=O)(O)OCC[N+](C)(C)C. The summed E-state index contributed by atoms with van der Waals surface area (Å²) in [5, 5.41) is 0. The Hall–Kier alpha value is -2.03. The summed E-state index contributed by atoms with van der Waals surface area (Å²) < 4.78 is 34.2. The number of allylic oxidation sites excluding steroid dienone is 8. The first-order valence-corrected chi connectivity index (χ1v) is 22.4. The van der Waals surface area contributed by atoms with Crippen LogP contribution in [0, 0.1) is 0 Å². The molecule has 0 aliphatic rings. The molecule has 2 atom stereocenters. The van der Waals surface area contributed by atoms with Gasteiger partial charge in [0.2, 0.25) is 0 Å². The lowest BCUT2D eigenvalue weighted by atomic mass is 10.1. The molecule has 1 N–H and O–H groups in total. The van der Waals surface area contributed by atoms with Gasteiger partial charge in [0.1, 0.15) is 19.8 Å². The minimum atomic E-state index is -4.38. The molecule has 308 valence electrons. The van der Waals surface area contributed by atoms with Crippen LogP contribution in [0.2, 0.25) is 0 Å². The van der Waals surface area contributed by atoms with Crippen LogP contribution in [-0.2, 0) is 32.7 Å². The Labute approximate surface area is 324 Å². The smallest absolute Gasteiger partial charge is 0.462 e. The monoisotopic (exact) mass is 769 g/mol. The lowest BCUT2D eigenvalue weighted by Gasteiger charge is -2.24. The lowest BCUT2D eigenvalue weighted by molar-refractivity contribution is -0.870. The van der Waals surface area contributed by atoms with Gasteiger partial charge in [0, 0.05) is 12.8 Å². The summed E-state index contributed by atoms with van der Waals surface area (Å²) in [7, 11) is 1.45. The first kappa shape index (κ1) is 51.0. The van der Waals surface area contributed by atoms with Crippen LogP contribution in [0.25, 0.3) is 0 Å². The number of nitrogens with zero attached hydrogens (tertiary/aromatic N) is 1. The number of quaternary nitrogens is 1. The van der Waals surface area contributed by atoms with E-state index in [1.807, 2.05) is 21.1 Å². The van der Waals surface area contributed by atoms with Gasteiger partial charge < -0.3 is 18.9 Å². The van der Waals surface area contributed by atoms with Crippen LogP contribution in [0.5, 0.6) is 0 Å². The van der Waals surface area contributed by atoms with E-state index < -0.39 is 26.5 Å². The molecule has 0 aliphatic heterocycles. The highest BCUT2D eigenvalue weighted by Gasteiger charge is 2.27. The second-order valence-corrected chi connectivity index (χ2v) is 16.4. The number of carbonyl (C=O) groups is 2. The fourth-order valence-electron chi connectivity index (χ4n) is 5.32. The molecule has 0 aromatic heterocycles. The first-order valence-electron chi connectivity index (χ1n) is 20.9. The normalized spacial score (nSPS) is 14.2. The molecule has 0 fully saturated rings. The zero-order chi connectivity index (χ0) is 39.3. The lowest BCUT2D eigenvalue weighted by Crippen LogP contribution is -2.37. The van der Waals surface area contributed by atoms with Crippen molar-refractivity contribution in [1.29, 1.82) is 0 Å². The highest BCUT2D eigenvalue weighted by atomic mass is 31.2. The summed E-state index contributed by atoms with van der Waals surface area (Å²) in [5.74, 6) is -0.832. The van der Waals surface area contributed by atoms with Crippen LogP contribution in [0.15, 0.2) is 48.6 Å². The van der Waals surface area contributed by atoms with Crippen molar-refractivity contribution in [3.63, 3.8) is 0 Å². The molecule has 0 saturated heterocycles. The van der Waals surface area contributed by atoms with Gasteiger partial charge in [0.25, 0.3) is 0 Å². The van der Waals surface area contributed by atoms with E-state index in [1.165, 1.54) is 38.5 Å². The Bertz CT molecular complexity index is 1050. The Balaban J connectivity index is 4.44. The van der Waals surface area contributed by atoms with E-state index in [9.17, 15) is 19.0 Å². The molecule has 10 heteroatoms. The van der Waals surface area contributed by atoms with Crippen molar-refractivity contribution < 1.29 is 42.1 Å². The summed E-state index contributed by atoms with van der Waals surface area (Å²) in [6, 6.07) is 0. The van der Waals surface area contributed by atoms with E-state index in [4.69, 9.17) is 18.5 Å². The summed E-state index contributed by atoms with van der Waals surface area (Å²) in [4.78, 5) is 35.3. The minimum absolute atomic E-state index is 0.0252. The Kier molecular flexibility index (Phi) is 34.3. The number of carbonyl (C=O) groups excluding carboxylic acids is 2. The minimum Gasteiger partial charge on any atom is -0.462 e. The van der Waals surface area contributed by atoms with Gasteiger partial charge in [-0.15, -0.1) is 0 Å². The van der Waals surface area contributed by atoms with Crippen molar-refractivity contribution >= 4 is 19.8 Å². The summed E-state index contributed by atoms with van der Waals surface area (Å²) in [6.45, 7) is 4.25. The number of likely N-dealkylation sites (N-methyl/N-ethyl adjacent to an activating group) is 1. The average molecular weight is 769 g/mol. The largest absolute Gasteiger partial charge is 0.472 e. The van der Waals surface area contributed by atoms with Gasteiger partial charge >= 0.3 is 19.8 Å². The molecule has 53 heavy (non-hydrogen) atoms. The quantitative estimate of drug-likeness (QED) is 0.0219. The zero-order valence-corrected chi connectivity index (χ0v) is 35.4. The summed E-state index contributed by atoms with van der Waals surface area (Å²) in [6.07, 6.45) is 40.1. The van der Waals surface area contributed by atoms with Gasteiger partial charge in [0.05, 0.1) is 27.7 Å². The number of hydrogen-bond acceptors (Lipinski definition) is 7. The van der Waals surface area contributed by atoms with Gasteiger partial charge in [0.15, 0.2) is 6.10 Å². The maximum Gasteiger partial charge on any atom is 0.472 e. The van der Waals surface area contributed by atoms with Crippen LogP contribution >= 0.6 is 7.82 Å². The number of rotatable bonds is 37. The third-order valence-electron chi connectivity index (χ3n) is 8.59. The molecule has 2 unspecified atom stereocenters. The van der Waals surface area contributed by atoms with Crippen LogP contribution < -0.4 is 0 Å². The van der Waals surface area contributed by atoms with E-state index in [1.54, 1.807) is 0 Å².